The van der Waals surface area contributed by atoms with Gasteiger partial charge in [0.25, 0.3) is 0 Å². The number of benzene rings is 1. The fraction of sp³-hybridized carbons (Fsp3) is 0.300. The monoisotopic (exact) mass is 233 g/mol. The standard InChI is InChI=1S/C10H12FNO2.ClH/c1-14-10(13)7-12-6-8-3-2-4-9(11)5-8;/h2-5,12H,6-7H2,1H3;1H. The van der Waals surface area contributed by atoms with Crippen LogP contribution in [0.5, 0.6) is 0 Å². The van der Waals surface area contributed by atoms with E-state index < -0.39 is 0 Å². The van der Waals surface area contributed by atoms with Gasteiger partial charge in [-0.2, -0.15) is 0 Å². The average molecular weight is 234 g/mol. The first-order valence-electron chi connectivity index (χ1n) is 4.24. The maximum Gasteiger partial charge on any atom is 0.319 e. The maximum atomic E-state index is 12.7. The SMILES string of the molecule is COC(=O)CNCc1cccc(F)c1.Cl. The molecule has 0 saturated carbocycles. The van der Waals surface area contributed by atoms with Gasteiger partial charge in [0, 0.05) is 6.54 Å². The summed E-state index contributed by atoms with van der Waals surface area (Å²) in [5.41, 5.74) is 0.800. The number of carbonyl (C=O) groups excluding carboxylic acids is 1. The molecule has 84 valence electrons. The Morgan fingerprint density at radius 3 is 2.87 bits per heavy atom. The highest BCUT2D eigenvalue weighted by Crippen LogP contribution is 2.02. The van der Waals surface area contributed by atoms with Gasteiger partial charge in [0.05, 0.1) is 13.7 Å². The summed E-state index contributed by atoms with van der Waals surface area (Å²) in [6, 6.07) is 6.21. The normalized spacial score (nSPS) is 9.20. The van der Waals surface area contributed by atoms with Crippen molar-refractivity contribution in [1.82, 2.24) is 5.32 Å². The number of esters is 1. The zero-order valence-corrected chi connectivity index (χ0v) is 9.14. The van der Waals surface area contributed by atoms with Crippen molar-refractivity contribution < 1.29 is 13.9 Å². The average Bonchev–Trinajstić information content (AvgIpc) is 2.17. The summed E-state index contributed by atoms with van der Waals surface area (Å²) in [6.07, 6.45) is 0. The predicted molar refractivity (Wildman–Crippen MR) is 57.4 cm³/mol. The van der Waals surface area contributed by atoms with Crippen molar-refractivity contribution in [2.24, 2.45) is 0 Å². The van der Waals surface area contributed by atoms with Gasteiger partial charge in [-0.25, -0.2) is 4.39 Å². The number of rotatable bonds is 4. The van der Waals surface area contributed by atoms with Gasteiger partial charge in [0.1, 0.15) is 5.82 Å². The minimum absolute atomic E-state index is 0. The molecular formula is C10H13ClFNO2. The van der Waals surface area contributed by atoms with E-state index in [1.54, 1.807) is 12.1 Å². The lowest BCUT2D eigenvalue weighted by molar-refractivity contribution is -0.139. The summed E-state index contributed by atoms with van der Waals surface area (Å²) in [4.78, 5) is 10.7. The van der Waals surface area contributed by atoms with Crippen molar-refractivity contribution in [3.05, 3.63) is 35.6 Å². The Hall–Kier alpha value is -1.13. The highest BCUT2D eigenvalue weighted by Gasteiger charge is 1.99. The Morgan fingerprint density at radius 1 is 1.53 bits per heavy atom. The van der Waals surface area contributed by atoms with Crippen LogP contribution in [0.25, 0.3) is 0 Å². The van der Waals surface area contributed by atoms with Crippen LogP contribution < -0.4 is 5.32 Å². The van der Waals surface area contributed by atoms with Crippen LogP contribution >= 0.6 is 12.4 Å². The van der Waals surface area contributed by atoms with Crippen molar-refractivity contribution in [1.29, 1.82) is 0 Å². The van der Waals surface area contributed by atoms with Crippen molar-refractivity contribution in [3.8, 4) is 0 Å². The molecule has 0 saturated heterocycles. The Morgan fingerprint density at radius 2 is 2.27 bits per heavy atom. The molecule has 0 bridgehead atoms. The molecule has 0 radical (unpaired) electrons. The van der Waals surface area contributed by atoms with E-state index in [4.69, 9.17) is 0 Å². The summed E-state index contributed by atoms with van der Waals surface area (Å²) >= 11 is 0. The Balaban J connectivity index is 0.00000196. The van der Waals surface area contributed by atoms with Gasteiger partial charge in [-0.3, -0.25) is 4.79 Å². The molecule has 0 aliphatic heterocycles. The first kappa shape index (κ1) is 13.9. The van der Waals surface area contributed by atoms with E-state index in [1.807, 2.05) is 0 Å². The number of halogens is 2. The van der Waals surface area contributed by atoms with Crippen molar-refractivity contribution in [3.63, 3.8) is 0 Å². The van der Waals surface area contributed by atoms with Crippen LogP contribution in [0.4, 0.5) is 4.39 Å². The fourth-order valence-corrected chi connectivity index (χ4v) is 1.03. The Kier molecular flexibility index (Phi) is 6.66. The van der Waals surface area contributed by atoms with Gasteiger partial charge in [-0.15, -0.1) is 12.4 Å². The molecule has 0 aliphatic rings. The number of ether oxygens (including phenoxy) is 1. The molecule has 1 aromatic rings. The van der Waals surface area contributed by atoms with Crippen LogP contribution in [0.2, 0.25) is 0 Å². The molecule has 15 heavy (non-hydrogen) atoms. The van der Waals surface area contributed by atoms with Crippen LogP contribution in [0, 0.1) is 5.82 Å². The van der Waals surface area contributed by atoms with E-state index in [2.05, 4.69) is 10.1 Å². The maximum absolute atomic E-state index is 12.7. The highest BCUT2D eigenvalue weighted by molar-refractivity contribution is 5.85. The summed E-state index contributed by atoms with van der Waals surface area (Å²) < 4.78 is 17.1. The van der Waals surface area contributed by atoms with E-state index in [-0.39, 0.29) is 30.7 Å². The number of nitrogens with one attached hydrogen (secondary N) is 1. The second-order valence-electron chi connectivity index (χ2n) is 2.81. The van der Waals surface area contributed by atoms with Crippen LogP contribution in [0.3, 0.4) is 0 Å². The largest absolute Gasteiger partial charge is 0.468 e. The summed E-state index contributed by atoms with van der Waals surface area (Å²) in [5.74, 6) is -0.608. The molecule has 0 atom stereocenters. The van der Waals surface area contributed by atoms with E-state index in [9.17, 15) is 9.18 Å². The van der Waals surface area contributed by atoms with Gasteiger partial charge in [0.2, 0.25) is 0 Å². The second-order valence-corrected chi connectivity index (χ2v) is 2.81. The summed E-state index contributed by atoms with van der Waals surface area (Å²) in [5, 5.41) is 2.84. The van der Waals surface area contributed by atoms with Gasteiger partial charge in [-0.05, 0) is 17.7 Å². The lowest BCUT2D eigenvalue weighted by atomic mass is 10.2. The minimum Gasteiger partial charge on any atom is -0.468 e. The summed E-state index contributed by atoms with van der Waals surface area (Å²) in [6.45, 7) is 0.583. The third kappa shape index (κ3) is 5.34. The lowest BCUT2D eigenvalue weighted by Crippen LogP contribution is -2.23. The second kappa shape index (κ2) is 7.20. The molecule has 5 heteroatoms. The molecule has 0 amide bonds. The quantitative estimate of drug-likeness (QED) is 0.802. The van der Waals surface area contributed by atoms with Crippen LogP contribution in [-0.2, 0) is 16.1 Å². The number of carbonyl (C=O) groups is 1. The van der Waals surface area contributed by atoms with Crippen LogP contribution in [-0.4, -0.2) is 19.6 Å². The van der Waals surface area contributed by atoms with Crippen LogP contribution in [0.1, 0.15) is 5.56 Å². The Bertz CT molecular complexity index is 320. The smallest absolute Gasteiger partial charge is 0.319 e. The predicted octanol–water partition coefficient (Wildman–Crippen LogP) is 1.51. The molecule has 1 aromatic carbocycles. The highest BCUT2D eigenvalue weighted by atomic mass is 35.5. The fourth-order valence-electron chi connectivity index (χ4n) is 1.03. The van der Waals surface area contributed by atoms with E-state index in [0.717, 1.165) is 5.56 Å². The molecular weight excluding hydrogens is 221 g/mol. The third-order valence-corrected chi connectivity index (χ3v) is 1.72. The first-order chi connectivity index (χ1) is 6.72. The van der Waals surface area contributed by atoms with Gasteiger partial charge < -0.3 is 10.1 Å². The molecule has 0 aromatic heterocycles. The van der Waals surface area contributed by atoms with Crippen molar-refractivity contribution in [2.75, 3.05) is 13.7 Å². The zero-order chi connectivity index (χ0) is 10.4. The van der Waals surface area contributed by atoms with Crippen molar-refractivity contribution in [2.45, 2.75) is 6.54 Å². The molecule has 3 nitrogen and oxygen atoms in total. The topological polar surface area (TPSA) is 38.3 Å². The van der Waals surface area contributed by atoms with E-state index >= 15 is 0 Å². The molecule has 0 fully saturated rings. The molecule has 1 N–H and O–H groups in total. The molecule has 0 heterocycles. The number of methoxy groups -OCH3 is 1. The first-order valence-corrected chi connectivity index (χ1v) is 4.24. The summed E-state index contributed by atoms with van der Waals surface area (Å²) in [7, 11) is 1.33. The molecule has 0 spiro atoms. The van der Waals surface area contributed by atoms with Crippen LogP contribution in [0.15, 0.2) is 24.3 Å². The molecule has 0 unspecified atom stereocenters. The third-order valence-electron chi connectivity index (χ3n) is 1.72. The lowest BCUT2D eigenvalue weighted by Gasteiger charge is -2.03. The van der Waals surface area contributed by atoms with Gasteiger partial charge >= 0.3 is 5.97 Å². The molecule has 0 aliphatic carbocycles. The van der Waals surface area contributed by atoms with E-state index in [0.29, 0.717) is 6.54 Å². The number of hydrogen-bond donors (Lipinski definition) is 1. The van der Waals surface area contributed by atoms with Gasteiger partial charge in [0.15, 0.2) is 0 Å². The zero-order valence-electron chi connectivity index (χ0n) is 8.33. The minimum atomic E-state index is -0.332. The molecule has 1 rings (SSSR count). The number of hydrogen-bond acceptors (Lipinski definition) is 3. The van der Waals surface area contributed by atoms with Crippen molar-refractivity contribution >= 4 is 18.4 Å². The Labute approximate surface area is 94.0 Å². The van der Waals surface area contributed by atoms with E-state index in [1.165, 1.54) is 19.2 Å². The van der Waals surface area contributed by atoms with Gasteiger partial charge in [-0.1, -0.05) is 12.1 Å².